The Morgan fingerprint density at radius 1 is 1.36 bits per heavy atom. The smallest absolute Gasteiger partial charge is 0.246 e. The van der Waals surface area contributed by atoms with E-state index >= 15 is 0 Å². The van der Waals surface area contributed by atoms with Crippen molar-refractivity contribution >= 4 is 5.91 Å². The van der Waals surface area contributed by atoms with Crippen molar-refractivity contribution in [1.29, 1.82) is 0 Å². The molecule has 14 heavy (non-hydrogen) atoms. The highest BCUT2D eigenvalue weighted by molar-refractivity contribution is 5.78. The topological polar surface area (TPSA) is 38.3 Å². The fourth-order valence-electron chi connectivity index (χ4n) is 2.28. The average molecular weight is 189 g/mol. The molecule has 0 saturated carbocycles. The predicted molar refractivity (Wildman–Crippen MR) is 50.8 cm³/mol. The molecule has 1 aromatic carbocycles. The van der Waals surface area contributed by atoms with E-state index in [0.29, 0.717) is 0 Å². The highest BCUT2D eigenvalue weighted by atomic mass is 16.5. The summed E-state index contributed by atoms with van der Waals surface area (Å²) in [5.41, 5.74) is 2.51. The molecule has 0 unspecified atom stereocenters. The highest BCUT2D eigenvalue weighted by Gasteiger charge is 2.37. The summed E-state index contributed by atoms with van der Waals surface area (Å²) in [7, 11) is 0. The number of benzene rings is 1. The van der Waals surface area contributed by atoms with Crippen LogP contribution in [0.2, 0.25) is 0 Å². The van der Waals surface area contributed by atoms with Crippen LogP contribution >= 0.6 is 0 Å². The van der Waals surface area contributed by atoms with E-state index < -0.39 is 0 Å². The molecule has 1 aliphatic heterocycles. The summed E-state index contributed by atoms with van der Waals surface area (Å²) >= 11 is 0. The molecular formula is C11H11NO2. The molecule has 1 heterocycles. The molecule has 0 aromatic heterocycles. The first kappa shape index (κ1) is 8.00. The largest absolute Gasteiger partial charge is 0.366 e. The van der Waals surface area contributed by atoms with Gasteiger partial charge in [-0.05, 0) is 11.1 Å². The third-order valence-corrected chi connectivity index (χ3v) is 2.93. The van der Waals surface area contributed by atoms with E-state index in [9.17, 15) is 4.79 Å². The van der Waals surface area contributed by atoms with E-state index in [1.807, 2.05) is 12.1 Å². The number of amides is 1. The maximum Gasteiger partial charge on any atom is 0.246 e. The summed E-state index contributed by atoms with van der Waals surface area (Å²) in [5, 5.41) is 2.97. The summed E-state index contributed by atoms with van der Waals surface area (Å²) in [4.78, 5) is 11.2. The lowest BCUT2D eigenvalue weighted by molar-refractivity contribution is -0.136. The molecule has 2 atom stereocenters. The summed E-state index contributed by atoms with van der Waals surface area (Å²) in [6.07, 6.45) is 1.06. The average Bonchev–Trinajstić information content (AvgIpc) is 2.56. The summed E-state index contributed by atoms with van der Waals surface area (Å²) in [6, 6.07) is 8.27. The normalized spacial score (nSPS) is 29.3. The first-order valence-corrected chi connectivity index (χ1v) is 4.83. The van der Waals surface area contributed by atoms with Gasteiger partial charge in [-0.25, -0.2) is 0 Å². The van der Waals surface area contributed by atoms with E-state index in [4.69, 9.17) is 4.74 Å². The van der Waals surface area contributed by atoms with Gasteiger partial charge in [0.05, 0.1) is 12.1 Å². The van der Waals surface area contributed by atoms with Crippen LogP contribution in [0.5, 0.6) is 0 Å². The number of hydrogen-bond donors (Lipinski definition) is 1. The maximum absolute atomic E-state index is 11.2. The minimum absolute atomic E-state index is 0.0112. The molecule has 1 amide bonds. The monoisotopic (exact) mass is 189 g/mol. The molecule has 72 valence electrons. The number of carbonyl (C=O) groups is 1. The molecule has 1 saturated heterocycles. The van der Waals surface area contributed by atoms with Gasteiger partial charge in [-0.3, -0.25) is 4.79 Å². The van der Waals surface area contributed by atoms with Crippen LogP contribution in [0.3, 0.4) is 0 Å². The van der Waals surface area contributed by atoms with Crippen LogP contribution in [0.25, 0.3) is 0 Å². The zero-order valence-electron chi connectivity index (χ0n) is 7.69. The highest BCUT2D eigenvalue weighted by Crippen LogP contribution is 2.34. The van der Waals surface area contributed by atoms with E-state index in [2.05, 4.69) is 17.4 Å². The molecule has 1 fully saturated rings. The van der Waals surface area contributed by atoms with Crippen LogP contribution in [0.15, 0.2) is 24.3 Å². The molecule has 3 rings (SSSR count). The van der Waals surface area contributed by atoms with Gasteiger partial charge in [-0.15, -0.1) is 0 Å². The van der Waals surface area contributed by atoms with E-state index in [-0.39, 0.29) is 24.7 Å². The number of morpholine rings is 1. The minimum Gasteiger partial charge on any atom is -0.366 e. The van der Waals surface area contributed by atoms with Gasteiger partial charge < -0.3 is 10.1 Å². The van der Waals surface area contributed by atoms with Gasteiger partial charge in [0.2, 0.25) is 5.91 Å². The fraction of sp³-hybridized carbons (Fsp3) is 0.364. The Morgan fingerprint density at radius 3 is 3.14 bits per heavy atom. The number of hydrogen-bond acceptors (Lipinski definition) is 2. The van der Waals surface area contributed by atoms with Crippen LogP contribution < -0.4 is 5.32 Å². The van der Waals surface area contributed by atoms with Gasteiger partial charge in [0.25, 0.3) is 0 Å². The van der Waals surface area contributed by atoms with Crippen molar-refractivity contribution in [3.05, 3.63) is 35.4 Å². The number of nitrogens with one attached hydrogen (secondary N) is 1. The number of ether oxygens (including phenoxy) is 1. The second-order valence-corrected chi connectivity index (χ2v) is 3.80. The Hall–Kier alpha value is -1.35. The van der Waals surface area contributed by atoms with Crippen LogP contribution in [-0.2, 0) is 16.0 Å². The second kappa shape index (κ2) is 2.82. The molecule has 3 heteroatoms. The third kappa shape index (κ3) is 1.06. The van der Waals surface area contributed by atoms with E-state index in [1.54, 1.807) is 0 Å². The number of fused-ring (bicyclic) bond motifs is 3. The van der Waals surface area contributed by atoms with Crippen molar-refractivity contribution in [2.45, 2.75) is 18.6 Å². The lowest BCUT2D eigenvalue weighted by Crippen LogP contribution is -2.43. The van der Waals surface area contributed by atoms with Crippen molar-refractivity contribution in [3.63, 3.8) is 0 Å². The Morgan fingerprint density at radius 2 is 2.21 bits per heavy atom. The third-order valence-electron chi connectivity index (χ3n) is 2.93. The van der Waals surface area contributed by atoms with E-state index in [1.165, 1.54) is 11.1 Å². The summed E-state index contributed by atoms with van der Waals surface area (Å²) in [5.74, 6) is -0.0112. The molecule has 0 spiro atoms. The molecular weight excluding hydrogens is 178 g/mol. The molecule has 0 radical (unpaired) electrons. The molecule has 3 nitrogen and oxygen atoms in total. The minimum atomic E-state index is -0.0112. The van der Waals surface area contributed by atoms with Gasteiger partial charge in [0.1, 0.15) is 6.61 Å². The second-order valence-electron chi connectivity index (χ2n) is 3.80. The summed E-state index contributed by atoms with van der Waals surface area (Å²) < 4.78 is 5.48. The Kier molecular flexibility index (Phi) is 1.61. The van der Waals surface area contributed by atoms with Gasteiger partial charge >= 0.3 is 0 Å². The lowest BCUT2D eigenvalue weighted by Gasteiger charge is -2.27. The van der Waals surface area contributed by atoms with Crippen LogP contribution in [0, 0.1) is 0 Å². The van der Waals surface area contributed by atoms with Crippen molar-refractivity contribution in [2.24, 2.45) is 0 Å². The van der Waals surface area contributed by atoms with Crippen LogP contribution in [-0.4, -0.2) is 18.6 Å². The quantitative estimate of drug-likeness (QED) is 0.655. The van der Waals surface area contributed by atoms with Gasteiger partial charge in [0, 0.05) is 6.42 Å². The van der Waals surface area contributed by atoms with Crippen molar-refractivity contribution in [1.82, 2.24) is 5.32 Å². The van der Waals surface area contributed by atoms with Gasteiger partial charge in [-0.2, -0.15) is 0 Å². The molecule has 1 N–H and O–H groups in total. The lowest BCUT2D eigenvalue weighted by atomic mass is 10.1. The fourth-order valence-corrected chi connectivity index (χ4v) is 2.28. The van der Waals surface area contributed by atoms with E-state index in [0.717, 1.165) is 6.42 Å². The maximum atomic E-state index is 11.2. The zero-order valence-corrected chi connectivity index (χ0v) is 7.69. The molecule has 0 bridgehead atoms. The Balaban J connectivity index is 2.00. The molecule has 1 aromatic rings. The molecule has 1 aliphatic carbocycles. The van der Waals surface area contributed by atoms with Gasteiger partial charge in [-0.1, -0.05) is 24.3 Å². The summed E-state index contributed by atoms with van der Waals surface area (Å²) in [6.45, 7) is 0.204. The SMILES string of the molecule is O=C1CO[C@@H]2Cc3ccccc3[C@@H]2N1. The van der Waals surface area contributed by atoms with Crippen LogP contribution in [0.1, 0.15) is 17.2 Å². The van der Waals surface area contributed by atoms with Gasteiger partial charge in [0.15, 0.2) is 0 Å². The van der Waals surface area contributed by atoms with Crippen molar-refractivity contribution < 1.29 is 9.53 Å². The first-order chi connectivity index (χ1) is 6.84. The predicted octanol–water partition coefficient (Wildman–Crippen LogP) is 0.799. The molecule has 2 aliphatic rings. The zero-order chi connectivity index (χ0) is 9.54. The van der Waals surface area contributed by atoms with Crippen LogP contribution in [0.4, 0.5) is 0 Å². The van der Waals surface area contributed by atoms with Crippen molar-refractivity contribution in [3.8, 4) is 0 Å². The Bertz CT molecular complexity index is 389. The number of carbonyl (C=O) groups excluding carboxylic acids is 1. The number of rotatable bonds is 0. The first-order valence-electron chi connectivity index (χ1n) is 4.83. The standard InChI is InChI=1S/C11H11NO2/c13-10-6-14-9-5-7-3-1-2-4-8(7)11(9)12-10/h1-4,9,11H,5-6H2,(H,12,13)/t9-,11+/m1/s1. The van der Waals surface area contributed by atoms with Crippen molar-refractivity contribution in [2.75, 3.05) is 6.61 Å². The Labute approximate surface area is 82.1 Å².